The number of hydrazine groups is 1. The highest BCUT2D eigenvalue weighted by Crippen LogP contribution is 2.02. The van der Waals surface area contributed by atoms with E-state index < -0.39 is 11.0 Å². The molecule has 0 aromatic carbocycles. The van der Waals surface area contributed by atoms with Gasteiger partial charge >= 0.3 is 0 Å². The number of hydrogen-bond acceptors (Lipinski definition) is 7. The average molecular weight is 227 g/mol. The fourth-order valence-corrected chi connectivity index (χ4v) is 0.852. The Labute approximate surface area is 89.3 Å². The van der Waals surface area contributed by atoms with Crippen LogP contribution in [0.2, 0.25) is 0 Å². The van der Waals surface area contributed by atoms with Crippen molar-refractivity contribution in [2.75, 3.05) is 0 Å². The molecule has 10 nitrogen and oxygen atoms in total. The smallest absolute Gasteiger partial charge is 0.275 e. The lowest BCUT2D eigenvalue weighted by molar-refractivity contribution is -0.525. The van der Waals surface area contributed by atoms with Crippen molar-refractivity contribution in [2.24, 2.45) is 15.9 Å². The van der Waals surface area contributed by atoms with Gasteiger partial charge in [0.2, 0.25) is 0 Å². The molecule has 0 radical (unpaired) electrons. The molecular weight excluding hydrogens is 218 g/mol. The van der Waals surface area contributed by atoms with Crippen LogP contribution in [0.5, 0.6) is 0 Å². The first-order valence-corrected chi connectivity index (χ1v) is 4.09. The summed E-state index contributed by atoms with van der Waals surface area (Å²) in [6.07, 6.45) is 0. The minimum atomic E-state index is -0.841. The molecule has 1 aromatic heterocycles. The minimum absolute atomic E-state index is 0.381. The molecule has 3 N–H and O–H groups in total. The first kappa shape index (κ1) is 11.6. The molecule has 0 aliphatic heterocycles. The van der Waals surface area contributed by atoms with Crippen LogP contribution in [0, 0.1) is 17.0 Å². The van der Waals surface area contributed by atoms with Gasteiger partial charge in [0.1, 0.15) is 5.69 Å². The maximum absolute atomic E-state index is 9.98. The Balaban J connectivity index is 2.78. The van der Waals surface area contributed by atoms with Gasteiger partial charge in [-0.1, -0.05) is 10.6 Å². The Bertz CT molecular complexity index is 449. The third-order valence-electron chi connectivity index (χ3n) is 1.51. The summed E-state index contributed by atoms with van der Waals surface area (Å²) in [7, 11) is 0. The summed E-state index contributed by atoms with van der Waals surface area (Å²) in [4.78, 5) is 9.98. The topological polar surface area (TPSA) is 145 Å². The molecular formula is C6H9N7O3. The lowest BCUT2D eigenvalue weighted by atomic mass is 10.2. The van der Waals surface area contributed by atoms with Gasteiger partial charge in [-0.2, -0.15) is 0 Å². The molecule has 1 aromatic rings. The van der Waals surface area contributed by atoms with Gasteiger partial charge in [0.05, 0.1) is 5.71 Å². The summed E-state index contributed by atoms with van der Waals surface area (Å²) in [6, 6.07) is 0. The molecule has 1 heterocycles. The van der Waals surface area contributed by atoms with Crippen molar-refractivity contribution in [3.63, 3.8) is 0 Å². The van der Waals surface area contributed by atoms with Crippen molar-refractivity contribution in [3.05, 3.63) is 21.5 Å². The van der Waals surface area contributed by atoms with Gasteiger partial charge in [-0.15, -0.1) is 10.2 Å². The van der Waals surface area contributed by atoms with E-state index in [1.54, 1.807) is 19.3 Å². The lowest BCUT2D eigenvalue weighted by Crippen LogP contribution is -2.35. The van der Waals surface area contributed by atoms with E-state index in [0.717, 1.165) is 0 Å². The van der Waals surface area contributed by atoms with Gasteiger partial charge in [0, 0.05) is 0 Å². The Morgan fingerprint density at radius 1 is 1.56 bits per heavy atom. The molecule has 0 aliphatic rings. The second-order valence-electron chi connectivity index (χ2n) is 2.74. The van der Waals surface area contributed by atoms with E-state index in [-0.39, 0.29) is 0 Å². The van der Waals surface area contributed by atoms with Gasteiger partial charge in [0.25, 0.3) is 5.96 Å². The first-order valence-electron chi connectivity index (χ1n) is 4.09. The normalized spacial score (nSPS) is 12.6. The van der Waals surface area contributed by atoms with Crippen LogP contribution in [0.25, 0.3) is 0 Å². The minimum Gasteiger partial charge on any atom is -0.364 e. The predicted octanol–water partition coefficient (Wildman–Crippen LogP) is -0.802. The van der Waals surface area contributed by atoms with Crippen LogP contribution in [-0.2, 0) is 0 Å². The summed E-state index contributed by atoms with van der Waals surface area (Å²) < 4.78 is 4.45. The van der Waals surface area contributed by atoms with Crippen molar-refractivity contribution < 1.29 is 9.66 Å². The fourth-order valence-electron chi connectivity index (χ4n) is 0.852. The Morgan fingerprint density at radius 3 is 2.75 bits per heavy atom. The van der Waals surface area contributed by atoms with Gasteiger partial charge in [-0.25, -0.2) is 14.7 Å². The van der Waals surface area contributed by atoms with E-state index in [1.807, 2.05) is 0 Å². The zero-order valence-electron chi connectivity index (χ0n) is 8.54. The van der Waals surface area contributed by atoms with Crippen molar-refractivity contribution in [2.45, 2.75) is 13.8 Å². The number of aromatic nitrogens is 2. The molecule has 10 heteroatoms. The van der Waals surface area contributed by atoms with Crippen molar-refractivity contribution >= 4 is 11.7 Å². The predicted molar refractivity (Wildman–Crippen MR) is 53.0 cm³/mol. The highest BCUT2D eigenvalue weighted by molar-refractivity contribution is 5.97. The zero-order chi connectivity index (χ0) is 12.1. The monoisotopic (exact) mass is 227 g/mol. The molecule has 1 rings (SSSR count). The summed E-state index contributed by atoms with van der Waals surface area (Å²) in [5.41, 5.74) is 8.12. The average Bonchev–Trinajstić information content (AvgIpc) is 2.60. The molecule has 86 valence electrons. The molecule has 0 saturated heterocycles. The van der Waals surface area contributed by atoms with Crippen LogP contribution >= 0.6 is 0 Å². The summed E-state index contributed by atoms with van der Waals surface area (Å²) >= 11 is 0. The van der Waals surface area contributed by atoms with E-state index in [4.69, 9.17) is 5.73 Å². The van der Waals surface area contributed by atoms with E-state index >= 15 is 0 Å². The second-order valence-corrected chi connectivity index (χ2v) is 2.74. The number of hydrogen-bond donors (Lipinski definition) is 2. The van der Waals surface area contributed by atoms with Crippen LogP contribution < -0.4 is 11.2 Å². The van der Waals surface area contributed by atoms with Crippen molar-refractivity contribution in [3.8, 4) is 0 Å². The largest absolute Gasteiger partial charge is 0.364 e. The van der Waals surface area contributed by atoms with Crippen molar-refractivity contribution in [1.29, 1.82) is 0 Å². The second kappa shape index (κ2) is 4.82. The number of nitrogens with zero attached hydrogens (tertiary/aromatic N) is 5. The Hall–Kier alpha value is -2.52. The highest BCUT2D eigenvalue weighted by atomic mass is 16.7. The van der Waals surface area contributed by atoms with Gasteiger partial charge in [-0.05, 0) is 19.0 Å². The van der Waals surface area contributed by atoms with E-state index in [0.29, 0.717) is 17.1 Å². The van der Waals surface area contributed by atoms with Crippen LogP contribution in [-0.4, -0.2) is 27.0 Å². The SMILES string of the molecule is CC(=N/N=C(\N)N[N+](=O)[O-])c1nonc1C. The van der Waals surface area contributed by atoms with Crippen LogP contribution in [0.3, 0.4) is 0 Å². The molecule has 0 amide bonds. The molecule has 0 spiro atoms. The first-order chi connectivity index (χ1) is 7.50. The fraction of sp³-hybridized carbons (Fsp3) is 0.333. The van der Waals surface area contributed by atoms with E-state index in [2.05, 4.69) is 25.1 Å². The molecule has 0 aliphatic carbocycles. The van der Waals surface area contributed by atoms with Crippen molar-refractivity contribution in [1.82, 2.24) is 15.7 Å². The van der Waals surface area contributed by atoms with E-state index in [9.17, 15) is 10.1 Å². The van der Waals surface area contributed by atoms with E-state index in [1.165, 1.54) is 0 Å². The summed E-state index contributed by atoms with van der Waals surface area (Å²) in [6.45, 7) is 3.27. The maximum atomic E-state index is 9.98. The summed E-state index contributed by atoms with van der Waals surface area (Å²) in [5.74, 6) is -0.432. The van der Waals surface area contributed by atoms with Crippen LogP contribution in [0.4, 0.5) is 0 Å². The number of nitrogens with one attached hydrogen (secondary N) is 1. The molecule has 0 fully saturated rings. The van der Waals surface area contributed by atoms with Crippen LogP contribution in [0.1, 0.15) is 18.3 Å². The Morgan fingerprint density at radius 2 is 2.25 bits per heavy atom. The van der Waals surface area contributed by atoms with Gasteiger partial charge in [-0.3, -0.25) is 0 Å². The molecule has 0 saturated carbocycles. The van der Waals surface area contributed by atoms with Crippen LogP contribution in [0.15, 0.2) is 14.8 Å². The molecule has 0 bridgehead atoms. The third kappa shape index (κ3) is 3.01. The quantitative estimate of drug-likeness (QED) is 0.297. The third-order valence-corrected chi connectivity index (χ3v) is 1.51. The molecule has 16 heavy (non-hydrogen) atoms. The lowest BCUT2D eigenvalue weighted by Gasteiger charge is -1.93. The molecule has 0 atom stereocenters. The van der Waals surface area contributed by atoms with Gasteiger partial charge in [0.15, 0.2) is 10.7 Å². The Kier molecular flexibility index (Phi) is 3.48. The molecule has 0 unspecified atom stereocenters. The number of nitrogens with two attached hydrogens (primary N) is 1. The standard InChI is InChI=1S/C6H9N7O3/c1-3(5-4(2)11-16-12-5)8-9-6(7)10-13(14)15/h1-2H3,(H3,7,9,10). The number of guanidine groups is 1. The number of aryl methyl sites for hydroxylation is 1. The zero-order valence-corrected chi connectivity index (χ0v) is 8.54. The summed E-state index contributed by atoms with van der Waals surface area (Å²) in [5, 5.41) is 23.3. The number of rotatable bonds is 3. The number of nitro groups is 1. The maximum Gasteiger partial charge on any atom is 0.275 e. The van der Waals surface area contributed by atoms with Gasteiger partial charge < -0.3 is 5.73 Å². The highest BCUT2D eigenvalue weighted by Gasteiger charge is 2.08.